The average Bonchev–Trinajstić information content (AvgIpc) is 3.09. The number of ether oxygens (including phenoxy) is 1. The van der Waals surface area contributed by atoms with Crippen LogP contribution in [0.5, 0.6) is 0 Å². The number of esters is 1. The Labute approximate surface area is 167 Å². The van der Waals surface area contributed by atoms with Gasteiger partial charge in [-0.2, -0.15) is 4.31 Å². The van der Waals surface area contributed by atoms with Crippen LogP contribution in [0.2, 0.25) is 10.0 Å². The maximum atomic E-state index is 12.9. The molecule has 0 unspecified atom stereocenters. The van der Waals surface area contributed by atoms with Crippen LogP contribution in [0.15, 0.2) is 39.8 Å². The number of benzene rings is 1. The minimum atomic E-state index is -3.79. The summed E-state index contributed by atoms with van der Waals surface area (Å²) < 4.78 is 37.3. The van der Waals surface area contributed by atoms with Gasteiger partial charge in [0.1, 0.15) is 16.2 Å². The molecule has 0 atom stereocenters. The third kappa shape index (κ3) is 4.14. The lowest BCUT2D eigenvalue weighted by Gasteiger charge is -2.33. The zero-order valence-corrected chi connectivity index (χ0v) is 16.9. The van der Waals surface area contributed by atoms with Crippen LogP contribution in [0.4, 0.5) is 0 Å². The fourth-order valence-corrected chi connectivity index (χ4v) is 5.46. The first-order valence-corrected chi connectivity index (χ1v) is 10.4. The molecule has 10 heteroatoms. The number of piperazine rings is 1. The highest BCUT2D eigenvalue weighted by molar-refractivity contribution is 7.89. The molecule has 0 bridgehead atoms. The summed E-state index contributed by atoms with van der Waals surface area (Å²) in [6, 6.07) is 6.16. The number of carbonyl (C=O) groups excluding carboxylic acids is 1. The minimum absolute atomic E-state index is 0.0687. The van der Waals surface area contributed by atoms with Crippen molar-refractivity contribution >= 4 is 39.2 Å². The van der Waals surface area contributed by atoms with E-state index in [1.54, 1.807) is 12.1 Å². The van der Waals surface area contributed by atoms with Gasteiger partial charge >= 0.3 is 5.97 Å². The van der Waals surface area contributed by atoms with Crippen molar-refractivity contribution in [3.8, 4) is 0 Å². The minimum Gasteiger partial charge on any atom is -0.467 e. The van der Waals surface area contributed by atoms with Crippen molar-refractivity contribution in [3.63, 3.8) is 0 Å². The molecule has 1 aromatic carbocycles. The van der Waals surface area contributed by atoms with Gasteiger partial charge in [0.25, 0.3) is 0 Å². The van der Waals surface area contributed by atoms with Gasteiger partial charge in [-0.3, -0.25) is 4.90 Å². The summed E-state index contributed by atoms with van der Waals surface area (Å²) in [5.74, 6) is 0.0284. The molecule has 2 aromatic rings. The Balaban J connectivity index is 1.69. The molecule has 0 aliphatic carbocycles. The molecule has 0 N–H and O–H groups in total. The lowest BCUT2D eigenvalue weighted by Crippen LogP contribution is -2.48. The van der Waals surface area contributed by atoms with E-state index in [1.807, 2.05) is 4.90 Å². The first-order chi connectivity index (χ1) is 12.8. The summed E-state index contributed by atoms with van der Waals surface area (Å²) in [6.07, 6.45) is 1.43. The predicted octanol–water partition coefficient (Wildman–Crippen LogP) is 2.88. The zero-order valence-electron chi connectivity index (χ0n) is 14.5. The summed E-state index contributed by atoms with van der Waals surface area (Å²) in [5.41, 5.74) is 0.371. The summed E-state index contributed by atoms with van der Waals surface area (Å²) >= 11 is 12.1. The highest BCUT2D eigenvalue weighted by atomic mass is 35.5. The third-order valence-electron chi connectivity index (χ3n) is 4.37. The number of rotatable bonds is 5. The Morgan fingerprint density at radius 2 is 1.78 bits per heavy atom. The van der Waals surface area contributed by atoms with Crippen molar-refractivity contribution in [1.82, 2.24) is 9.21 Å². The first-order valence-electron chi connectivity index (χ1n) is 8.16. The van der Waals surface area contributed by atoms with Gasteiger partial charge in [0, 0.05) is 26.2 Å². The summed E-state index contributed by atoms with van der Waals surface area (Å²) in [6.45, 7) is 1.89. The number of sulfonamides is 1. The van der Waals surface area contributed by atoms with Crippen LogP contribution in [-0.2, 0) is 21.3 Å². The van der Waals surface area contributed by atoms with E-state index in [2.05, 4.69) is 0 Å². The number of nitrogens with zero attached hydrogens (tertiary/aromatic N) is 2. The van der Waals surface area contributed by atoms with Gasteiger partial charge in [-0.25, -0.2) is 13.2 Å². The summed E-state index contributed by atoms with van der Waals surface area (Å²) in [7, 11) is -2.48. The second-order valence-electron chi connectivity index (χ2n) is 5.98. The lowest BCUT2D eigenvalue weighted by molar-refractivity contribution is 0.0595. The van der Waals surface area contributed by atoms with Crippen molar-refractivity contribution in [2.75, 3.05) is 33.3 Å². The lowest BCUT2D eigenvalue weighted by atomic mass is 10.2. The molecular weight excluding hydrogens is 415 g/mol. The van der Waals surface area contributed by atoms with Gasteiger partial charge in [-0.15, -0.1) is 0 Å². The van der Waals surface area contributed by atoms with E-state index in [-0.39, 0.29) is 28.0 Å². The quantitative estimate of drug-likeness (QED) is 0.675. The van der Waals surface area contributed by atoms with Gasteiger partial charge in [0.15, 0.2) is 0 Å². The van der Waals surface area contributed by atoms with Crippen LogP contribution in [0, 0.1) is 0 Å². The molecule has 1 fully saturated rings. The number of carbonyl (C=O) groups is 1. The van der Waals surface area contributed by atoms with E-state index in [1.165, 1.54) is 29.8 Å². The van der Waals surface area contributed by atoms with Crippen LogP contribution < -0.4 is 0 Å². The Hall–Kier alpha value is -1.58. The van der Waals surface area contributed by atoms with Gasteiger partial charge in [0.2, 0.25) is 10.0 Å². The predicted molar refractivity (Wildman–Crippen MR) is 101 cm³/mol. The van der Waals surface area contributed by atoms with E-state index in [0.29, 0.717) is 31.0 Å². The molecule has 7 nitrogen and oxygen atoms in total. The monoisotopic (exact) mass is 432 g/mol. The third-order valence-corrected chi connectivity index (χ3v) is 7.22. The van der Waals surface area contributed by atoms with Gasteiger partial charge < -0.3 is 9.15 Å². The molecule has 27 heavy (non-hydrogen) atoms. The highest BCUT2D eigenvalue weighted by Crippen LogP contribution is 2.32. The van der Waals surface area contributed by atoms with Gasteiger partial charge in [-0.1, -0.05) is 29.3 Å². The SMILES string of the molecule is COC(=O)c1ccoc1CN1CCN(S(=O)(=O)c2c(Cl)cccc2Cl)CC1. The standard InChI is InChI=1S/C17H18Cl2N2O5S/c1-25-17(22)12-5-10-26-15(12)11-20-6-8-21(9-7-20)27(23,24)16-13(18)3-2-4-14(16)19/h2-5,10H,6-9,11H2,1H3. The van der Waals surface area contributed by atoms with E-state index in [4.69, 9.17) is 32.4 Å². The van der Waals surface area contributed by atoms with Crippen molar-refractivity contribution in [1.29, 1.82) is 0 Å². The summed E-state index contributed by atoms with van der Waals surface area (Å²) in [4.78, 5) is 13.7. The zero-order chi connectivity index (χ0) is 19.6. The van der Waals surface area contributed by atoms with Crippen molar-refractivity contribution < 1.29 is 22.4 Å². The van der Waals surface area contributed by atoms with Gasteiger partial charge in [0.05, 0.1) is 30.0 Å². The topological polar surface area (TPSA) is 80.1 Å². The van der Waals surface area contributed by atoms with E-state index in [9.17, 15) is 13.2 Å². The van der Waals surface area contributed by atoms with Crippen molar-refractivity contribution in [2.24, 2.45) is 0 Å². The highest BCUT2D eigenvalue weighted by Gasteiger charge is 2.32. The Bertz CT molecular complexity index is 916. The van der Waals surface area contributed by atoms with E-state index >= 15 is 0 Å². The smallest absolute Gasteiger partial charge is 0.341 e. The maximum Gasteiger partial charge on any atom is 0.341 e. The van der Waals surface area contributed by atoms with Crippen LogP contribution >= 0.6 is 23.2 Å². The number of hydrogen-bond donors (Lipinski definition) is 0. The molecule has 0 spiro atoms. The molecule has 0 saturated carbocycles. The molecule has 1 saturated heterocycles. The Kier molecular flexibility index (Phi) is 6.12. The van der Waals surface area contributed by atoms with Crippen LogP contribution in [-0.4, -0.2) is 56.9 Å². The average molecular weight is 433 g/mol. The molecule has 1 aromatic heterocycles. The molecule has 0 radical (unpaired) electrons. The van der Waals surface area contributed by atoms with E-state index in [0.717, 1.165) is 0 Å². The molecule has 2 heterocycles. The number of furan rings is 1. The van der Waals surface area contributed by atoms with Crippen LogP contribution in [0.25, 0.3) is 0 Å². The molecule has 1 aliphatic rings. The summed E-state index contributed by atoms with van der Waals surface area (Å²) in [5, 5.41) is 0.200. The van der Waals surface area contributed by atoms with Gasteiger partial charge in [-0.05, 0) is 18.2 Å². The second-order valence-corrected chi connectivity index (χ2v) is 8.67. The van der Waals surface area contributed by atoms with Crippen LogP contribution in [0.3, 0.4) is 0 Å². The molecule has 3 rings (SSSR count). The van der Waals surface area contributed by atoms with Crippen LogP contribution in [0.1, 0.15) is 16.1 Å². The fourth-order valence-electron chi connectivity index (χ4n) is 2.94. The molecule has 0 amide bonds. The van der Waals surface area contributed by atoms with Crippen molar-refractivity contribution in [2.45, 2.75) is 11.4 Å². The maximum absolute atomic E-state index is 12.9. The first kappa shape index (κ1) is 20.2. The largest absolute Gasteiger partial charge is 0.467 e. The second kappa shape index (κ2) is 8.20. The molecule has 1 aliphatic heterocycles. The Morgan fingerprint density at radius 1 is 1.15 bits per heavy atom. The van der Waals surface area contributed by atoms with Crippen molar-refractivity contribution in [3.05, 3.63) is 51.9 Å². The number of halogens is 2. The van der Waals surface area contributed by atoms with E-state index < -0.39 is 16.0 Å². The number of hydrogen-bond acceptors (Lipinski definition) is 6. The molecular formula is C17H18Cl2N2O5S. The number of methoxy groups -OCH3 is 1. The normalized spacial score (nSPS) is 16.4. The Morgan fingerprint density at radius 3 is 2.37 bits per heavy atom. The molecule has 146 valence electrons. The fraction of sp³-hybridized carbons (Fsp3) is 0.353.